The van der Waals surface area contributed by atoms with Gasteiger partial charge in [-0.15, -0.1) is 0 Å². The zero-order valence-corrected chi connectivity index (χ0v) is 10.8. The summed E-state index contributed by atoms with van der Waals surface area (Å²) >= 11 is 0. The zero-order chi connectivity index (χ0) is 13.4. The van der Waals surface area contributed by atoms with Gasteiger partial charge in [-0.2, -0.15) is 0 Å². The Balaban J connectivity index is 2.24. The molecule has 0 bridgehead atoms. The summed E-state index contributed by atoms with van der Waals surface area (Å²) < 4.78 is 5.46. The maximum Gasteiger partial charge on any atom is 0.326 e. The number of hydrogen-bond acceptors (Lipinski definition) is 4. The van der Waals surface area contributed by atoms with Crippen LogP contribution in [0.4, 0.5) is 0 Å². The van der Waals surface area contributed by atoms with Crippen molar-refractivity contribution in [3.05, 3.63) is 0 Å². The Morgan fingerprint density at radius 1 is 1.44 bits per heavy atom. The van der Waals surface area contributed by atoms with E-state index in [1.54, 1.807) is 0 Å². The van der Waals surface area contributed by atoms with Gasteiger partial charge in [-0.3, -0.25) is 4.79 Å². The summed E-state index contributed by atoms with van der Waals surface area (Å²) in [5, 5.41) is 14.6. The fourth-order valence-corrected chi connectivity index (χ4v) is 1.94. The average molecular weight is 258 g/mol. The first-order valence-corrected chi connectivity index (χ1v) is 6.48. The molecule has 3 N–H and O–H groups in total. The van der Waals surface area contributed by atoms with Gasteiger partial charge in [0.1, 0.15) is 12.6 Å². The Kier molecular flexibility index (Phi) is 6.67. The average Bonchev–Trinajstić information content (AvgIpc) is 2.37. The number of nitrogens with one attached hydrogen (secondary N) is 2. The van der Waals surface area contributed by atoms with Gasteiger partial charge in [-0.1, -0.05) is 13.3 Å². The van der Waals surface area contributed by atoms with Crippen molar-refractivity contribution in [3.63, 3.8) is 0 Å². The molecule has 1 atom stereocenters. The molecule has 1 amide bonds. The summed E-state index contributed by atoms with van der Waals surface area (Å²) in [5.74, 6) is -1.35. The van der Waals surface area contributed by atoms with E-state index < -0.39 is 12.0 Å². The normalized spacial score (nSPS) is 18.3. The summed E-state index contributed by atoms with van der Waals surface area (Å²) in [4.78, 5) is 22.4. The van der Waals surface area contributed by atoms with Crippen molar-refractivity contribution in [2.75, 3.05) is 19.7 Å². The molecule has 0 saturated carbocycles. The number of carbonyl (C=O) groups is 2. The Morgan fingerprint density at radius 3 is 2.67 bits per heavy atom. The molecular formula is C12H22N2O4. The van der Waals surface area contributed by atoms with E-state index in [0.29, 0.717) is 12.8 Å². The minimum absolute atomic E-state index is 0.0574. The van der Waals surface area contributed by atoms with Gasteiger partial charge in [0.2, 0.25) is 5.91 Å². The standard InChI is InChI=1S/C12H22N2O4/c1-2-3-10(12(16)17)14-11(15)8-18-9-4-6-13-7-5-9/h9-10,13H,2-8H2,1H3,(H,14,15)(H,16,17). The first-order chi connectivity index (χ1) is 8.63. The van der Waals surface area contributed by atoms with E-state index in [1.807, 2.05) is 6.92 Å². The van der Waals surface area contributed by atoms with Gasteiger partial charge in [0.05, 0.1) is 6.10 Å². The monoisotopic (exact) mass is 258 g/mol. The molecule has 0 radical (unpaired) electrons. The van der Waals surface area contributed by atoms with Crippen LogP contribution in [0.15, 0.2) is 0 Å². The van der Waals surface area contributed by atoms with Crippen molar-refractivity contribution < 1.29 is 19.4 Å². The van der Waals surface area contributed by atoms with Gasteiger partial charge in [0.25, 0.3) is 0 Å². The Morgan fingerprint density at radius 2 is 2.11 bits per heavy atom. The van der Waals surface area contributed by atoms with Gasteiger partial charge in [0.15, 0.2) is 0 Å². The van der Waals surface area contributed by atoms with Crippen LogP contribution < -0.4 is 10.6 Å². The molecule has 1 fully saturated rings. The number of rotatable bonds is 7. The lowest BCUT2D eigenvalue weighted by Crippen LogP contribution is -2.43. The highest BCUT2D eigenvalue weighted by Gasteiger charge is 2.20. The number of hydrogen-bond donors (Lipinski definition) is 3. The summed E-state index contributed by atoms with van der Waals surface area (Å²) in [5.41, 5.74) is 0. The highest BCUT2D eigenvalue weighted by molar-refractivity contribution is 5.84. The van der Waals surface area contributed by atoms with Crippen LogP contribution in [-0.2, 0) is 14.3 Å². The molecule has 1 aliphatic heterocycles. The van der Waals surface area contributed by atoms with E-state index in [4.69, 9.17) is 9.84 Å². The van der Waals surface area contributed by atoms with Crippen LogP contribution in [0.25, 0.3) is 0 Å². The number of ether oxygens (including phenoxy) is 1. The smallest absolute Gasteiger partial charge is 0.326 e. The summed E-state index contributed by atoms with van der Waals surface area (Å²) in [6, 6.07) is -0.806. The quantitative estimate of drug-likeness (QED) is 0.604. The van der Waals surface area contributed by atoms with Gasteiger partial charge in [0, 0.05) is 0 Å². The number of amides is 1. The van der Waals surface area contributed by atoms with Gasteiger partial charge < -0.3 is 20.5 Å². The first-order valence-electron chi connectivity index (χ1n) is 6.48. The zero-order valence-electron chi connectivity index (χ0n) is 10.8. The van der Waals surface area contributed by atoms with Gasteiger partial charge in [-0.05, 0) is 32.4 Å². The van der Waals surface area contributed by atoms with Gasteiger partial charge in [-0.25, -0.2) is 4.79 Å². The highest BCUT2D eigenvalue weighted by Crippen LogP contribution is 2.06. The van der Waals surface area contributed by atoms with Gasteiger partial charge >= 0.3 is 5.97 Å². The fraction of sp³-hybridized carbons (Fsp3) is 0.833. The van der Waals surface area contributed by atoms with Crippen LogP contribution in [0.1, 0.15) is 32.6 Å². The first kappa shape index (κ1) is 14.9. The number of carbonyl (C=O) groups excluding carboxylic acids is 1. The molecule has 1 rings (SSSR count). The third-order valence-corrected chi connectivity index (χ3v) is 2.95. The largest absolute Gasteiger partial charge is 0.480 e. The van der Waals surface area contributed by atoms with Crippen molar-refractivity contribution in [1.82, 2.24) is 10.6 Å². The van der Waals surface area contributed by atoms with Crippen molar-refractivity contribution >= 4 is 11.9 Å². The highest BCUT2D eigenvalue weighted by atomic mass is 16.5. The third kappa shape index (κ3) is 5.46. The second kappa shape index (κ2) is 8.05. The fourth-order valence-electron chi connectivity index (χ4n) is 1.94. The van der Waals surface area contributed by atoms with E-state index in [1.165, 1.54) is 0 Å². The van der Waals surface area contributed by atoms with E-state index in [-0.39, 0.29) is 18.6 Å². The molecule has 0 aromatic carbocycles. The summed E-state index contributed by atoms with van der Waals surface area (Å²) in [6.45, 7) is 3.63. The number of carboxylic acid groups (broad SMARTS) is 1. The van der Waals surface area contributed by atoms with Crippen LogP contribution in [-0.4, -0.2) is 48.8 Å². The van der Waals surface area contributed by atoms with Crippen LogP contribution >= 0.6 is 0 Å². The van der Waals surface area contributed by atoms with Crippen molar-refractivity contribution in [2.24, 2.45) is 0 Å². The Labute approximate surface area is 107 Å². The molecule has 1 saturated heterocycles. The molecule has 0 spiro atoms. The molecule has 0 aromatic heterocycles. The lowest BCUT2D eigenvalue weighted by atomic mass is 10.1. The number of piperidine rings is 1. The van der Waals surface area contributed by atoms with Crippen molar-refractivity contribution in [1.29, 1.82) is 0 Å². The molecule has 104 valence electrons. The predicted molar refractivity (Wildman–Crippen MR) is 66.3 cm³/mol. The van der Waals surface area contributed by atoms with Crippen LogP contribution in [0, 0.1) is 0 Å². The molecular weight excluding hydrogens is 236 g/mol. The molecule has 6 nitrogen and oxygen atoms in total. The minimum atomic E-state index is -0.993. The molecule has 6 heteroatoms. The third-order valence-electron chi connectivity index (χ3n) is 2.95. The Bertz CT molecular complexity index is 277. The van der Waals surface area contributed by atoms with Crippen LogP contribution in [0.3, 0.4) is 0 Å². The number of carboxylic acids is 1. The van der Waals surface area contributed by atoms with Crippen LogP contribution in [0.5, 0.6) is 0 Å². The van der Waals surface area contributed by atoms with E-state index in [2.05, 4.69) is 10.6 Å². The maximum absolute atomic E-state index is 11.6. The van der Waals surface area contributed by atoms with E-state index >= 15 is 0 Å². The molecule has 1 unspecified atom stereocenters. The molecule has 18 heavy (non-hydrogen) atoms. The second-order valence-corrected chi connectivity index (χ2v) is 4.51. The maximum atomic E-state index is 11.6. The summed E-state index contributed by atoms with van der Waals surface area (Å²) in [6.07, 6.45) is 3.04. The van der Waals surface area contributed by atoms with E-state index in [9.17, 15) is 9.59 Å². The van der Waals surface area contributed by atoms with Crippen molar-refractivity contribution in [2.45, 2.75) is 44.8 Å². The van der Waals surface area contributed by atoms with Crippen LogP contribution in [0.2, 0.25) is 0 Å². The summed E-state index contributed by atoms with van der Waals surface area (Å²) in [7, 11) is 0. The molecule has 0 aromatic rings. The van der Waals surface area contributed by atoms with E-state index in [0.717, 1.165) is 25.9 Å². The molecule has 1 heterocycles. The second-order valence-electron chi connectivity index (χ2n) is 4.51. The molecule has 0 aliphatic carbocycles. The predicted octanol–water partition coefficient (Wildman–Crippen LogP) is 0.125. The topological polar surface area (TPSA) is 87.7 Å². The lowest BCUT2D eigenvalue weighted by molar-refractivity contribution is -0.143. The number of aliphatic carboxylic acids is 1. The molecule has 1 aliphatic rings. The van der Waals surface area contributed by atoms with Crippen molar-refractivity contribution in [3.8, 4) is 0 Å². The lowest BCUT2D eigenvalue weighted by Gasteiger charge is -2.23. The minimum Gasteiger partial charge on any atom is -0.480 e. The SMILES string of the molecule is CCCC(NC(=O)COC1CCNCC1)C(=O)O. The Hall–Kier alpha value is -1.14.